The number of rotatable bonds is 16. The number of hydrogen-bond acceptors (Lipinski definition) is 13. The van der Waals surface area contributed by atoms with Crippen molar-refractivity contribution in [3.8, 4) is 11.1 Å². The Morgan fingerprint density at radius 2 is 0.955 bits per heavy atom. The number of esters is 4. The summed E-state index contributed by atoms with van der Waals surface area (Å²) in [5.41, 5.74) is 3.77. The molecule has 6 aromatic carbocycles. The van der Waals surface area contributed by atoms with Gasteiger partial charge >= 0.3 is 23.9 Å². The van der Waals surface area contributed by atoms with E-state index in [1.807, 2.05) is 54.6 Å². The standard InChI is InChI=1S/C53H48O13/c54-45-42(30-31-60-43(45)33-59-32-35-26-28-37(29-27-35)36-16-6-1-7-17-36)62-53-48(66-52(58)41-24-14-5-15-25-41)47(65-51(57)40-22-12-4-13-23-40)46(64-50(56)39-20-10-3-11-21-39)44(63-53)34-61-49(55)38-18-8-2-9-19-38/h1-29,42-48,53-54H,30-34H2/t42-,43-,44-,45-,46+,47+,48-,53-/m1/s1. The summed E-state index contributed by atoms with van der Waals surface area (Å²) < 4.78 is 49.3. The highest BCUT2D eigenvalue weighted by Gasteiger charge is 2.55. The van der Waals surface area contributed by atoms with Gasteiger partial charge in [0.2, 0.25) is 0 Å². The number of carbonyl (C=O) groups is 4. The molecule has 66 heavy (non-hydrogen) atoms. The van der Waals surface area contributed by atoms with Crippen LogP contribution in [0.5, 0.6) is 0 Å². The Kier molecular flexibility index (Phi) is 15.4. The van der Waals surface area contributed by atoms with Crippen LogP contribution in [0.2, 0.25) is 0 Å². The lowest BCUT2D eigenvalue weighted by Crippen LogP contribution is -2.64. The maximum absolute atomic E-state index is 14.0. The van der Waals surface area contributed by atoms with Crippen LogP contribution in [0.25, 0.3) is 11.1 Å². The molecule has 0 bridgehead atoms. The molecule has 0 saturated carbocycles. The lowest BCUT2D eigenvalue weighted by Gasteiger charge is -2.46. The van der Waals surface area contributed by atoms with E-state index in [9.17, 15) is 24.3 Å². The first-order chi connectivity index (χ1) is 32.3. The van der Waals surface area contributed by atoms with Crippen molar-refractivity contribution >= 4 is 23.9 Å². The molecule has 338 valence electrons. The average molecular weight is 893 g/mol. The third-order valence-corrected chi connectivity index (χ3v) is 11.2. The van der Waals surface area contributed by atoms with Gasteiger partial charge in [0.25, 0.3) is 0 Å². The lowest BCUT2D eigenvalue weighted by atomic mass is 9.97. The quantitative estimate of drug-likeness (QED) is 0.0745. The van der Waals surface area contributed by atoms with E-state index in [-0.39, 0.29) is 48.5 Å². The van der Waals surface area contributed by atoms with Crippen molar-refractivity contribution in [1.29, 1.82) is 0 Å². The minimum atomic E-state index is -1.62. The van der Waals surface area contributed by atoms with Crippen LogP contribution < -0.4 is 0 Å². The van der Waals surface area contributed by atoms with Gasteiger partial charge in [-0.3, -0.25) is 0 Å². The van der Waals surface area contributed by atoms with Crippen molar-refractivity contribution in [3.05, 3.63) is 204 Å². The van der Waals surface area contributed by atoms with Crippen LogP contribution in [0.3, 0.4) is 0 Å². The van der Waals surface area contributed by atoms with E-state index in [0.29, 0.717) is 0 Å². The Labute approximate surface area is 381 Å². The fourth-order valence-corrected chi connectivity index (χ4v) is 7.67. The Morgan fingerprint density at radius 3 is 1.48 bits per heavy atom. The second kappa shape index (κ2) is 22.3. The zero-order valence-corrected chi connectivity index (χ0v) is 35.7. The molecule has 0 aromatic heterocycles. The molecule has 2 saturated heterocycles. The van der Waals surface area contributed by atoms with Gasteiger partial charge in [-0.1, -0.05) is 127 Å². The summed E-state index contributed by atoms with van der Waals surface area (Å²) >= 11 is 0. The van der Waals surface area contributed by atoms with Crippen LogP contribution in [-0.4, -0.2) is 97.8 Å². The molecule has 0 spiro atoms. The molecule has 0 aliphatic carbocycles. The number of hydrogen-bond donors (Lipinski definition) is 1. The van der Waals surface area contributed by atoms with Gasteiger partial charge in [0.15, 0.2) is 24.6 Å². The SMILES string of the molecule is O=C(OC[C@H]1O[C@@H](O[C@@H]2CCO[C@H](COCc3ccc(-c4ccccc4)cc3)[C@@H]2O)[C@H](OC(=O)c2ccccc2)[C@@H](OC(=O)c2ccccc2)[C@H]1OC(=O)c1ccccc1)c1ccccc1. The monoisotopic (exact) mass is 892 g/mol. The maximum Gasteiger partial charge on any atom is 0.338 e. The summed E-state index contributed by atoms with van der Waals surface area (Å²) in [4.78, 5) is 55.2. The Bertz CT molecular complexity index is 2490. The molecule has 1 N–H and O–H groups in total. The summed E-state index contributed by atoms with van der Waals surface area (Å²) in [6.45, 7) is -0.119. The van der Waals surface area contributed by atoms with E-state index in [4.69, 9.17) is 37.9 Å². The smallest absolute Gasteiger partial charge is 0.338 e. The summed E-state index contributed by atoms with van der Waals surface area (Å²) in [6.07, 6.45) is -10.7. The molecule has 2 heterocycles. The van der Waals surface area contributed by atoms with E-state index in [1.165, 1.54) is 36.4 Å². The summed E-state index contributed by atoms with van der Waals surface area (Å²) in [6, 6.07) is 50.5. The highest BCUT2D eigenvalue weighted by Crippen LogP contribution is 2.34. The van der Waals surface area contributed by atoms with Gasteiger partial charge in [-0.25, -0.2) is 19.2 Å². The van der Waals surface area contributed by atoms with E-state index < -0.39 is 79.5 Å². The minimum Gasteiger partial charge on any atom is -0.459 e. The van der Waals surface area contributed by atoms with Gasteiger partial charge in [0.05, 0.1) is 41.6 Å². The van der Waals surface area contributed by atoms with Crippen LogP contribution >= 0.6 is 0 Å². The second-order valence-corrected chi connectivity index (χ2v) is 15.7. The number of aliphatic hydroxyl groups is 1. The highest BCUT2D eigenvalue weighted by molar-refractivity contribution is 5.91. The first kappa shape index (κ1) is 45.6. The molecule has 2 aliphatic rings. The molecule has 13 heteroatoms. The fourth-order valence-electron chi connectivity index (χ4n) is 7.67. The summed E-state index contributed by atoms with van der Waals surface area (Å²) in [5, 5.41) is 11.8. The van der Waals surface area contributed by atoms with Gasteiger partial charge in [-0.2, -0.15) is 0 Å². The number of aliphatic hydroxyl groups excluding tert-OH is 1. The van der Waals surface area contributed by atoms with Crippen LogP contribution in [0, 0.1) is 0 Å². The highest BCUT2D eigenvalue weighted by atomic mass is 16.7. The lowest BCUT2D eigenvalue weighted by molar-refractivity contribution is -0.323. The molecule has 0 radical (unpaired) electrons. The fraction of sp³-hybridized carbons (Fsp3) is 0.245. The zero-order chi connectivity index (χ0) is 45.7. The normalized spacial score (nSPS) is 22.6. The van der Waals surface area contributed by atoms with Gasteiger partial charge in [-0.05, 0) is 71.6 Å². The van der Waals surface area contributed by atoms with Crippen molar-refractivity contribution in [1.82, 2.24) is 0 Å². The molecular formula is C53H48O13. The largest absolute Gasteiger partial charge is 0.459 e. The second-order valence-electron chi connectivity index (χ2n) is 15.7. The molecule has 13 nitrogen and oxygen atoms in total. The van der Waals surface area contributed by atoms with Crippen molar-refractivity contribution in [2.45, 2.75) is 62.0 Å². The van der Waals surface area contributed by atoms with Crippen LogP contribution in [0.4, 0.5) is 0 Å². The van der Waals surface area contributed by atoms with Gasteiger partial charge < -0.3 is 43.0 Å². The molecule has 2 fully saturated rings. The van der Waals surface area contributed by atoms with E-state index in [0.717, 1.165) is 16.7 Å². The molecule has 6 aromatic rings. The Balaban J connectivity index is 1.08. The zero-order valence-electron chi connectivity index (χ0n) is 35.7. The summed E-state index contributed by atoms with van der Waals surface area (Å²) in [7, 11) is 0. The predicted molar refractivity (Wildman–Crippen MR) is 239 cm³/mol. The number of benzene rings is 6. The van der Waals surface area contributed by atoms with Gasteiger partial charge in [0.1, 0.15) is 24.9 Å². The topological polar surface area (TPSA) is 162 Å². The van der Waals surface area contributed by atoms with Crippen LogP contribution in [0.15, 0.2) is 176 Å². The van der Waals surface area contributed by atoms with Crippen molar-refractivity contribution in [3.63, 3.8) is 0 Å². The van der Waals surface area contributed by atoms with Gasteiger partial charge in [0, 0.05) is 6.61 Å². The third kappa shape index (κ3) is 11.6. The predicted octanol–water partition coefficient (Wildman–Crippen LogP) is 7.66. The maximum atomic E-state index is 14.0. The third-order valence-electron chi connectivity index (χ3n) is 11.2. The van der Waals surface area contributed by atoms with Crippen molar-refractivity contribution in [2.75, 3.05) is 19.8 Å². The average Bonchev–Trinajstić information content (AvgIpc) is 3.37. The van der Waals surface area contributed by atoms with Crippen molar-refractivity contribution < 1.29 is 62.2 Å². The van der Waals surface area contributed by atoms with Crippen LogP contribution in [0.1, 0.15) is 53.4 Å². The first-order valence-corrected chi connectivity index (χ1v) is 21.6. The molecule has 8 rings (SSSR count). The van der Waals surface area contributed by atoms with Crippen LogP contribution in [-0.2, 0) is 44.5 Å². The van der Waals surface area contributed by atoms with Crippen molar-refractivity contribution in [2.24, 2.45) is 0 Å². The van der Waals surface area contributed by atoms with E-state index >= 15 is 0 Å². The van der Waals surface area contributed by atoms with E-state index in [1.54, 1.807) is 84.9 Å². The molecule has 2 aliphatic heterocycles. The van der Waals surface area contributed by atoms with Gasteiger partial charge in [-0.15, -0.1) is 0 Å². The number of ether oxygens (including phenoxy) is 8. The summed E-state index contributed by atoms with van der Waals surface area (Å²) in [5.74, 6) is -3.22. The van der Waals surface area contributed by atoms with E-state index in [2.05, 4.69) is 0 Å². The molecule has 8 atom stereocenters. The number of carbonyl (C=O) groups excluding carboxylic acids is 4. The minimum absolute atomic E-state index is 0.00625. The Hall–Kier alpha value is -7.00. The Morgan fingerprint density at radius 1 is 0.500 bits per heavy atom. The molecule has 0 unspecified atom stereocenters. The first-order valence-electron chi connectivity index (χ1n) is 21.6. The molecular weight excluding hydrogens is 845 g/mol. The molecule has 0 amide bonds.